The van der Waals surface area contributed by atoms with Crippen molar-refractivity contribution in [3.8, 4) is 0 Å². The molecule has 0 aromatic heterocycles. The molecule has 16 heavy (non-hydrogen) atoms. The maximum Gasteiger partial charge on any atom is 0.241 e. The number of benzene rings is 1. The lowest BCUT2D eigenvalue weighted by Crippen LogP contribution is -2.35. The summed E-state index contributed by atoms with van der Waals surface area (Å²) in [7, 11) is 0. The van der Waals surface area contributed by atoms with Gasteiger partial charge in [-0.1, -0.05) is 0 Å². The number of hydrogen-bond donors (Lipinski definition) is 2. The van der Waals surface area contributed by atoms with E-state index < -0.39 is 0 Å². The minimum absolute atomic E-state index is 0.0810. The molecule has 2 rings (SSSR count). The average Bonchev–Trinajstić information content (AvgIpc) is 2.68. The molecule has 0 aliphatic carbocycles. The molecule has 3 nitrogen and oxygen atoms in total. The first kappa shape index (κ1) is 11.1. The van der Waals surface area contributed by atoms with E-state index in [1.165, 1.54) is 12.1 Å². The van der Waals surface area contributed by atoms with Crippen LogP contribution in [-0.2, 0) is 4.79 Å². The molecule has 1 atom stereocenters. The summed E-state index contributed by atoms with van der Waals surface area (Å²) in [6, 6.07) is 4.39. The number of halogens is 1. The largest absolute Gasteiger partial charge is 0.325 e. The van der Waals surface area contributed by atoms with Crippen LogP contribution in [0.1, 0.15) is 18.4 Å². The van der Waals surface area contributed by atoms with Crippen LogP contribution in [0, 0.1) is 12.7 Å². The molecule has 86 valence electrons. The first-order chi connectivity index (χ1) is 7.65. The summed E-state index contributed by atoms with van der Waals surface area (Å²) in [5.41, 5.74) is 1.32. The van der Waals surface area contributed by atoms with E-state index in [2.05, 4.69) is 10.6 Å². The predicted molar refractivity (Wildman–Crippen MR) is 60.8 cm³/mol. The predicted octanol–water partition coefficient (Wildman–Crippen LogP) is 1.82. The third-order valence-electron chi connectivity index (χ3n) is 2.69. The molecule has 1 saturated heterocycles. The Labute approximate surface area is 94.0 Å². The molecule has 1 aliphatic heterocycles. The highest BCUT2D eigenvalue weighted by molar-refractivity contribution is 5.95. The van der Waals surface area contributed by atoms with Gasteiger partial charge in [-0.2, -0.15) is 0 Å². The van der Waals surface area contributed by atoms with Gasteiger partial charge in [0.05, 0.1) is 6.04 Å². The number of aryl methyl sites for hydroxylation is 1. The zero-order valence-corrected chi connectivity index (χ0v) is 9.22. The zero-order valence-electron chi connectivity index (χ0n) is 9.22. The highest BCUT2D eigenvalue weighted by Crippen LogP contribution is 2.15. The topological polar surface area (TPSA) is 41.1 Å². The number of anilines is 1. The molecular weight excluding hydrogens is 207 g/mol. The molecular formula is C12H15FN2O. The first-order valence-corrected chi connectivity index (χ1v) is 5.46. The number of carbonyl (C=O) groups excluding carboxylic acids is 1. The van der Waals surface area contributed by atoms with Gasteiger partial charge in [-0.3, -0.25) is 4.79 Å². The fourth-order valence-electron chi connectivity index (χ4n) is 1.95. The van der Waals surface area contributed by atoms with Crippen molar-refractivity contribution in [3.05, 3.63) is 29.6 Å². The normalized spacial score (nSPS) is 19.8. The third kappa shape index (κ3) is 2.58. The lowest BCUT2D eigenvalue weighted by molar-refractivity contribution is -0.117. The Balaban J connectivity index is 2.05. The Morgan fingerprint density at radius 1 is 1.50 bits per heavy atom. The number of amides is 1. The van der Waals surface area contributed by atoms with Crippen molar-refractivity contribution >= 4 is 11.6 Å². The van der Waals surface area contributed by atoms with Crippen LogP contribution in [0.25, 0.3) is 0 Å². The lowest BCUT2D eigenvalue weighted by Gasteiger charge is -2.11. The van der Waals surface area contributed by atoms with Crippen LogP contribution in [-0.4, -0.2) is 18.5 Å². The zero-order chi connectivity index (χ0) is 11.5. The number of nitrogens with one attached hydrogen (secondary N) is 2. The van der Waals surface area contributed by atoms with Gasteiger partial charge in [-0.15, -0.1) is 0 Å². The van der Waals surface area contributed by atoms with E-state index in [1.54, 1.807) is 13.0 Å². The van der Waals surface area contributed by atoms with Crippen molar-refractivity contribution < 1.29 is 9.18 Å². The first-order valence-electron chi connectivity index (χ1n) is 5.46. The molecule has 1 aromatic carbocycles. The molecule has 1 unspecified atom stereocenters. The number of hydrogen-bond acceptors (Lipinski definition) is 2. The highest BCUT2D eigenvalue weighted by Gasteiger charge is 2.21. The molecule has 1 fully saturated rings. The number of carbonyl (C=O) groups is 1. The molecule has 1 amide bonds. The van der Waals surface area contributed by atoms with Crippen LogP contribution in [0.4, 0.5) is 10.1 Å². The van der Waals surface area contributed by atoms with E-state index in [1.807, 2.05) is 0 Å². The van der Waals surface area contributed by atoms with Crippen molar-refractivity contribution in [3.63, 3.8) is 0 Å². The van der Waals surface area contributed by atoms with E-state index in [-0.39, 0.29) is 17.8 Å². The molecule has 0 bridgehead atoms. The summed E-state index contributed by atoms with van der Waals surface area (Å²) < 4.78 is 13.1. The lowest BCUT2D eigenvalue weighted by atomic mass is 10.2. The van der Waals surface area contributed by atoms with Gasteiger partial charge >= 0.3 is 0 Å². The summed E-state index contributed by atoms with van der Waals surface area (Å²) in [6.45, 7) is 2.67. The second-order valence-electron chi connectivity index (χ2n) is 4.16. The van der Waals surface area contributed by atoms with Crippen molar-refractivity contribution in [1.82, 2.24) is 5.32 Å². The van der Waals surface area contributed by atoms with Crippen LogP contribution >= 0.6 is 0 Å². The van der Waals surface area contributed by atoms with E-state index in [0.29, 0.717) is 5.69 Å². The fourth-order valence-corrected chi connectivity index (χ4v) is 1.95. The summed E-state index contributed by atoms with van der Waals surface area (Å²) >= 11 is 0. The van der Waals surface area contributed by atoms with Gasteiger partial charge < -0.3 is 10.6 Å². The minimum atomic E-state index is -0.324. The fraction of sp³-hybridized carbons (Fsp3) is 0.417. The van der Waals surface area contributed by atoms with Gasteiger partial charge in [0.1, 0.15) is 5.82 Å². The Hall–Kier alpha value is -1.42. The van der Waals surface area contributed by atoms with Crippen LogP contribution in [0.2, 0.25) is 0 Å². The monoisotopic (exact) mass is 222 g/mol. The minimum Gasteiger partial charge on any atom is -0.325 e. The SMILES string of the molecule is Cc1cc(F)cc(NC(=O)C2CCCN2)c1. The number of rotatable bonds is 2. The van der Waals surface area contributed by atoms with Crippen LogP contribution in [0.3, 0.4) is 0 Å². The highest BCUT2D eigenvalue weighted by atomic mass is 19.1. The van der Waals surface area contributed by atoms with Gasteiger partial charge in [0.15, 0.2) is 0 Å². The molecule has 0 radical (unpaired) electrons. The Kier molecular flexibility index (Phi) is 3.19. The van der Waals surface area contributed by atoms with Crippen LogP contribution in [0.5, 0.6) is 0 Å². The van der Waals surface area contributed by atoms with Gasteiger partial charge in [-0.25, -0.2) is 4.39 Å². The molecule has 0 spiro atoms. The molecule has 2 N–H and O–H groups in total. The Morgan fingerprint density at radius 2 is 2.31 bits per heavy atom. The maximum atomic E-state index is 13.1. The second kappa shape index (κ2) is 4.61. The van der Waals surface area contributed by atoms with Gasteiger partial charge in [0, 0.05) is 5.69 Å². The van der Waals surface area contributed by atoms with E-state index in [9.17, 15) is 9.18 Å². The van der Waals surface area contributed by atoms with E-state index in [4.69, 9.17) is 0 Å². The quantitative estimate of drug-likeness (QED) is 0.801. The van der Waals surface area contributed by atoms with Crippen LogP contribution in [0.15, 0.2) is 18.2 Å². The van der Waals surface area contributed by atoms with Crippen molar-refractivity contribution in [2.24, 2.45) is 0 Å². The Morgan fingerprint density at radius 3 is 2.94 bits per heavy atom. The van der Waals surface area contributed by atoms with Crippen molar-refractivity contribution in [2.75, 3.05) is 11.9 Å². The molecule has 1 heterocycles. The maximum absolute atomic E-state index is 13.1. The summed E-state index contributed by atoms with van der Waals surface area (Å²) in [4.78, 5) is 11.7. The smallest absolute Gasteiger partial charge is 0.241 e. The molecule has 1 aliphatic rings. The molecule has 1 aromatic rings. The molecule has 0 saturated carbocycles. The standard InChI is InChI=1S/C12H15FN2O/c1-8-5-9(13)7-10(6-8)15-12(16)11-3-2-4-14-11/h5-7,11,14H,2-4H2,1H3,(H,15,16). The summed E-state index contributed by atoms with van der Waals surface area (Å²) in [6.07, 6.45) is 1.86. The second-order valence-corrected chi connectivity index (χ2v) is 4.16. The van der Waals surface area contributed by atoms with Gasteiger partial charge in [0.25, 0.3) is 0 Å². The van der Waals surface area contributed by atoms with Crippen molar-refractivity contribution in [2.45, 2.75) is 25.8 Å². The van der Waals surface area contributed by atoms with E-state index >= 15 is 0 Å². The third-order valence-corrected chi connectivity index (χ3v) is 2.69. The average molecular weight is 222 g/mol. The van der Waals surface area contributed by atoms with Gasteiger partial charge in [0.2, 0.25) is 5.91 Å². The summed E-state index contributed by atoms with van der Waals surface area (Å²) in [5.74, 6) is -0.405. The van der Waals surface area contributed by atoms with Gasteiger partial charge in [-0.05, 0) is 50.1 Å². The summed E-state index contributed by atoms with van der Waals surface area (Å²) in [5, 5.41) is 5.82. The van der Waals surface area contributed by atoms with Crippen LogP contribution < -0.4 is 10.6 Å². The van der Waals surface area contributed by atoms with Crippen molar-refractivity contribution in [1.29, 1.82) is 0 Å². The van der Waals surface area contributed by atoms with E-state index in [0.717, 1.165) is 24.9 Å². The molecule has 4 heteroatoms. The Bertz CT molecular complexity index is 380.